The van der Waals surface area contributed by atoms with Crippen LogP contribution in [0.5, 0.6) is 0 Å². The van der Waals surface area contributed by atoms with Gasteiger partial charge in [-0.25, -0.2) is 0 Å². The van der Waals surface area contributed by atoms with E-state index in [0.29, 0.717) is 10.6 Å². The number of nitrogens with one attached hydrogen (secondary N) is 1. The molecular formula is C14H18ClNO2S. The first-order chi connectivity index (χ1) is 8.75. The van der Waals surface area contributed by atoms with Crippen LogP contribution in [0.4, 0.5) is 0 Å². The molecule has 0 bridgehead atoms. The van der Waals surface area contributed by atoms with Crippen molar-refractivity contribution in [2.45, 2.75) is 25.7 Å². The number of ketones is 1. The highest BCUT2D eigenvalue weighted by molar-refractivity contribution is 7.98. The number of benzene rings is 1. The molecule has 0 spiro atoms. The van der Waals surface area contributed by atoms with E-state index in [1.807, 2.05) is 33.1 Å². The summed E-state index contributed by atoms with van der Waals surface area (Å²) in [7, 11) is 0. The molecule has 0 saturated carbocycles. The Morgan fingerprint density at radius 1 is 1.32 bits per heavy atom. The average Bonchev–Trinajstić information content (AvgIpc) is 2.34. The Labute approximate surface area is 123 Å². The predicted octanol–water partition coefficient (Wildman–Crippen LogP) is 3.41. The van der Waals surface area contributed by atoms with Gasteiger partial charge in [0.25, 0.3) is 5.91 Å². The molecule has 19 heavy (non-hydrogen) atoms. The van der Waals surface area contributed by atoms with Crippen molar-refractivity contribution in [1.82, 2.24) is 5.32 Å². The highest BCUT2D eigenvalue weighted by atomic mass is 35.5. The third-order valence-corrected chi connectivity index (χ3v) is 3.72. The molecule has 1 rings (SSSR count). The molecule has 0 radical (unpaired) electrons. The highest BCUT2D eigenvalue weighted by Gasteiger charge is 2.22. The van der Waals surface area contributed by atoms with Gasteiger partial charge in [-0.1, -0.05) is 32.4 Å². The lowest BCUT2D eigenvalue weighted by Crippen LogP contribution is -2.35. The molecule has 5 heteroatoms. The number of rotatable bonds is 4. The number of hydrogen-bond acceptors (Lipinski definition) is 3. The molecule has 0 saturated heterocycles. The molecule has 0 aliphatic carbocycles. The summed E-state index contributed by atoms with van der Waals surface area (Å²) in [6.07, 6.45) is 1.92. The number of halogens is 1. The van der Waals surface area contributed by atoms with Gasteiger partial charge >= 0.3 is 0 Å². The van der Waals surface area contributed by atoms with Crippen molar-refractivity contribution >= 4 is 35.1 Å². The van der Waals surface area contributed by atoms with Crippen molar-refractivity contribution in [3.8, 4) is 0 Å². The normalized spacial score (nSPS) is 11.2. The van der Waals surface area contributed by atoms with Gasteiger partial charge in [0.05, 0.1) is 17.1 Å². The van der Waals surface area contributed by atoms with E-state index in [0.717, 1.165) is 4.90 Å². The number of amides is 1. The van der Waals surface area contributed by atoms with E-state index in [4.69, 9.17) is 11.6 Å². The SMILES string of the molecule is CSc1ccc(Cl)c(C(=O)NCC(=O)C(C)(C)C)c1. The molecule has 0 heterocycles. The zero-order valence-electron chi connectivity index (χ0n) is 11.5. The summed E-state index contributed by atoms with van der Waals surface area (Å²) in [5.74, 6) is -0.337. The zero-order chi connectivity index (χ0) is 14.6. The van der Waals surface area contributed by atoms with E-state index in [1.165, 1.54) is 11.8 Å². The predicted molar refractivity (Wildman–Crippen MR) is 80.0 cm³/mol. The van der Waals surface area contributed by atoms with Gasteiger partial charge in [0.15, 0.2) is 5.78 Å². The summed E-state index contributed by atoms with van der Waals surface area (Å²) >= 11 is 7.53. The van der Waals surface area contributed by atoms with Crippen molar-refractivity contribution in [1.29, 1.82) is 0 Å². The van der Waals surface area contributed by atoms with E-state index < -0.39 is 5.41 Å². The first kappa shape index (κ1) is 16.1. The molecule has 1 N–H and O–H groups in total. The van der Waals surface area contributed by atoms with Gasteiger partial charge in [-0.2, -0.15) is 0 Å². The fourth-order valence-electron chi connectivity index (χ4n) is 1.33. The van der Waals surface area contributed by atoms with Crippen LogP contribution in [0.3, 0.4) is 0 Å². The quantitative estimate of drug-likeness (QED) is 0.867. The molecule has 0 fully saturated rings. The third-order valence-electron chi connectivity index (χ3n) is 2.66. The maximum absolute atomic E-state index is 12.0. The van der Waals surface area contributed by atoms with Crippen molar-refractivity contribution in [2.24, 2.45) is 5.41 Å². The largest absolute Gasteiger partial charge is 0.345 e. The first-order valence-corrected chi connectivity index (χ1v) is 7.51. The smallest absolute Gasteiger partial charge is 0.253 e. The number of carbonyl (C=O) groups is 2. The van der Waals surface area contributed by atoms with Crippen LogP contribution in [0, 0.1) is 5.41 Å². The van der Waals surface area contributed by atoms with Gasteiger partial charge in [-0.05, 0) is 24.5 Å². The summed E-state index contributed by atoms with van der Waals surface area (Å²) in [5, 5.41) is 3.00. The summed E-state index contributed by atoms with van der Waals surface area (Å²) in [6, 6.07) is 5.27. The second kappa shape index (κ2) is 6.44. The topological polar surface area (TPSA) is 46.2 Å². The van der Waals surface area contributed by atoms with Crippen molar-refractivity contribution < 1.29 is 9.59 Å². The summed E-state index contributed by atoms with van der Waals surface area (Å²) in [5.41, 5.74) is -0.0618. The molecule has 1 aromatic rings. The van der Waals surface area contributed by atoms with Gasteiger partial charge in [0.2, 0.25) is 0 Å². The Hall–Kier alpha value is -1.00. The minimum absolute atomic E-state index is 0.0157. The Morgan fingerprint density at radius 3 is 2.47 bits per heavy atom. The first-order valence-electron chi connectivity index (χ1n) is 5.90. The third kappa shape index (κ3) is 4.55. The standard InChI is InChI=1S/C14H18ClNO2S/c1-14(2,3)12(17)8-16-13(18)10-7-9(19-4)5-6-11(10)15/h5-7H,8H2,1-4H3,(H,16,18). The van der Waals surface area contributed by atoms with Crippen LogP contribution < -0.4 is 5.32 Å². The Balaban J connectivity index is 2.76. The fraction of sp³-hybridized carbons (Fsp3) is 0.429. The Kier molecular flexibility index (Phi) is 5.44. The minimum Gasteiger partial charge on any atom is -0.345 e. The van der Waals surface area contributed by atoms with Gasteiger partial charge in [0, 0.05) is 10.3 Å². The lowest BCUT2D eigenvalue weighted by molar-refractivity contribution is -0.125. The molecule has 104 valence electrons. The van der Waals surface area contributed by atoms with Crippen LogP contribution in [0.25, 0.3) is 0 Å². The second-order valence-corrected chi connectivity index (χ2v) is 6.49. The van der Waals surface area contributed by atoms with Crippen LogP contribution >= 0.6 is 23.4 Å². The minimum atomic E-state index is -0.460. The maximum atomic E-state index is 12.0. The van der Waals surface area contributed by atoms with Crippen LogP contribution in [0.1, 0.15) is 31.1 Å². The molecule has 1 amide bonds. The lowest BCUT2D eigenvalue weighted by atomic mass is 9.91. The summed E-state index contributed by atoms with van der Waals surface area (Å²) in [4.78, 5) is 24.7. The van der Waals surface area contributed by atoms with Crippen molar-refractivity contribution in [3.05, 3.63) is 28.8 Å². The van der Waals surface area contributed by atoms with Crippen LogP contribution in [0.15, 0.2) is 23.1 Å². The molecule has 0 aromatic heterocycles. The molecule has 0 atom stereocenters. The maximum Gasteiger partial charge on any atom is 0.253 e. The van der Waals surface area contributed by atoms with Crippen molar-refractivity contribution in [3.63, 3.8) is 0 Å². The Morgan fingerprint density at radius 2 is 1.95 bits per heavy atom. The van der Waals surface area contributed by atoms with E-state index >= 15 is 0 Å². The monoisotopic (exact) mass is 299 g/mol. The average molecular weight is 300 g/mol. The number of carbonyl (C=O) groups excluding carboxylic acids is 2. The Bertz CT molecular complexity index is 495. The number of Topliss-reactive ketones (excluding diaryl/α,β-unsaturated/α-hetero) is 1. The molecule has 0 unspecified atom stereocenters. The van der Waals surface area contributed by atoms with Crippen LogP contribution in [-0.4, -0.2) is 24.5 Å². The van der Waals surface area contributed by atoms with E-state index in [9.17, 15) is 9.59 Å². The van der Waals surface area contributed by atoms with Gasteiger partial charge in [0.1, 0.15) is 0 Å². The number of hydrogen-bond donors (Lipinski definition) is 1. The van der Waals surface area contributed by atoms with Crippen LogP contribution in [-0.2, 0) is 4.79 Å². The second-order valence-electron chi connectivity index (χ2n) is 5.20. The van der Waals surface area contributed by atoms with Gasteiger partial charge in [-0.15, -0.1) is 11.8 Å². The molecule has 0 aliphatic heterocycles. The molecular weight excluding hydrogens is 282 g/mol. The summed E-state index contributed by atoms with van der Waals surface area (Å²) < 4.78 is 0. The molecule has 3 nitrogen and oxygen atoms in total. The zero-order valence-corrected chi connectivity index (χ0v) is 13.1. The van der Waals surface area contributed by atoms with Gasteiger partial charge < -0.3 is 5.32 Å². The van der Waals surface area contributed by atoms with Crippen molar-refractivity contribution in [2.75, 3.05) is 12.8 Å². The molecule has 1 aromatic carbocycles. The highest BCUT2D eigenvalue weighted by Crippen LogP contribution is 2.23. The van der Waals surface area contributed by atoms with Crippen LogP contribution in [0.2, 0.25) is 5.02 Å². The van der Waals surface area contributed by atoms with E-state index in [-0.39, 0.29) is 18.2 Å². The van der Waals surface area contributed by atoms with Gasteiger partial charge in [-0.3, -0.25) is 9.59 Å². The van der Waals surface area contributed by atoms with E-state index in [1.54, 1.807) is 12.1 Å². The number of thioether (sulfide) groups is 1. The summed E-state index contributed by atoms with van der Waals surface area (Å²) in [6.45, 7) is 5.48. The van der Waals surface area contributed by atoms with E-state index in [2.05, 4.69) is 5.32 Å². The molecule has 0 aliphatic rings. The lowest BCUT2D eigenvalue weighted by Gasteiger charge is -2.17. The fourth-order valence-corrected chi connectivity index (χ4v) is 1.97.